The Kier molecular flexibility index (Phi) is 4.53. The third-order valence-corrected chi connectivity index (χ3v) is 3.08. The molecule has 0 aliphatic carbocycles. The summed E-state index contributed by atoms with van der Waals surface area (Å²) in [5.41, 5.74) is 8.28. The molecule has 0 spiro atoms. The zero-order valence-corrected chi connectivity index (χ0v) is 11.0. The van der Waals surface area contributed by atoms with Crippen LogP contribution in [0.3, 0.4) is 0 Å². The second kappa shape index (κ2) is 6.34. The van der Waals surface area contributed by atoms with Crippen molar-refractivity contribution in [3.63, 3.8) is 0 Å². The summed E-state index contributed by atoms with van der Waals surface area (Å²) in [6, 6.07) is 13.0. The average Bonchev–Trinajstić information content (AvgIpc) is 2.46. The van der Waals surface area contributed by atoms with Crippen molar-refractivity contribution in [1.29, 1.82) is 0 Å². The van der Waals surface area contributed by atoms with Gasteiger partial charge in [-0.15, -0.1) is 0 Å². The van der Waals surface area contributed by atoms with Crippen LogP contribution in [0.2, 0.25) is 0 Å². The smallest absolute Gasteiger partial charge is 0.131 e. The Bertz CT molecular complexity index is 537. The van der Waals surface area contributed by atoms with E-state index in [1.165, 1.54) is 11.6 Å². The van der Waals surface area contributed by atoms with E-state index < -0.39 is 0 Å². The molecule has 0 aromatic heterocycles. The van der Waals surface area contributed by atoms with Crippen LogP contribution in [-0.4, -0.2) is 0 Å². The SMILES string of the molecule is CCc1ccc(COc2ccc(CN)c(F)c2)cc1. The molecule has 2 aromatic carbocycles. The Morgan fingerprint density at radius 2 is 1.74 bits per heavy atom. The Morgan fingerprint density at radius 3 is 2.32 bits per heavy atom. The fourth-order valence-electron chi connectivity index (χ4n) is 1.82. The van der Waals surface area contributed by atoms with Crippen molar-refractivity contribution in [1.82, 2.24) is 0 Å². The van der Waals surface area contributed by atoms with Gasteiger partial charge in [0.1, 0.15) is 18.2 Å². The maximum atomic E-state index is 13.5. The van der Waals surface area contributed by atoms with Crippen LogP contribution in [0.5, 0.6) is 5.75 Å². The molecule has 100 valence electrons. The van der Waals surface area contributed by atoms with E-state index in [0.717, 1.165) is 12.0 Å². The van der Waals surface area contributed by atoms with E-state index >= 15 is 0 Å². The zero-order valence-electron chi connectivity index (χ0n) is 11.0. The molecular formula is C16H18FNO. The molecule has 0 atom stereocenters. The van der Waals surface area contributed by atoms with Crippen LogP contribution in [-0.2, 0) is 19.6 Å². The summed E-state index contributed by atoms with van der Waals surface area (Å²) >= 11 is 0. The number of hydrogen-bond acceptors (Lipinski definition) is 2. The summed E-state index contributed by atoms with van der Waals surface area (Å²) < 4.78 is 19.1. The predicted octanol–water partition coefficient (Wildman–Crippen LogP) is 3.43. The topological polar surface area (TPSA) is 35.2 Å². The molecule has 2 aromatic rings. The molecule has 0 bridgehead atoms. The first-order valence-electron chi connectivity index (χ1n) is 6.42. The Labute approximate surface area is 113 Å². The summed E-state index contributed by atoms with van der Waals surface area (Å²) in [5.74, 6) is 0.204. The summed E-state index contributed by atoms with van der Waals surface area (Å²) in [4.78, 5) is 0. The zero-order chi connectivity index (χ0) is 13.7. The number of hydrogen-bond donors (Lipinski definition) is 1. The van der Waals surface area contributed by atoms with Crippen LogP contribution >= 0.6 is 0 Å². The highest BCUT2D eigenvalue weighted by atomic mass is 19.1. The lowest BCUT2D eigenvalue weighted by Gasteiger charge is -2.08. The van der Waals surface area contributed by atoms with Crippen molar-refractivity contribution >= 4 is 0 Å². The average molecular weight is 259 g/mol. The van der Waals surface area contributed by atoms with Crippen molar-refractivity contribution in [2.75, 3.05) is 0 Å². The highest BCUT2D eigenvalue weighted by Gasteiger charge is 2.03. The maximum absolute atomic E-state index is 13.5. The molecule has 2 nitrogen and oxygen atoms in total. The minimum Gasteiger partial charge on any atom is -0.489 e. The second-order valence-corrected chi connectivity index (χ2v) is 4.42. The van der Waals surface area contributed by atoms with Crippen LogP contribution in [0.1, 0.15) is 23.6 Å². The predicted molar refractivity (Wildman–Crippen MR) is 74.4 cm³/mol. The van der Waals surface area contributed by atoms with Gasteiger partial charge in [0.2, 0.25) is 0 Å². The first kappa shape index (κ1) is 13.6. The minimum atomic E-state index is -0.318. The molecule has 0 saturated heterocycles. The molecule has 3 heteroatoms. The number of aryl methyl sites for hydroxylation is 1. The van der Waals surface area contributed by atoms with E-state index in [1.54, 1.807) is 12.1 Å². The maximum Gasteiger partial charge on any atom is 0.131 e. The second-order valence-electron chi connectivity index (χ2n) is 4.42. The molecule has 2 N–H and O–H groups in total. The van der Waals surface area contributed by atoms with E-state index in [9.17, 15) is 4.39 Å². The fraction of sp³-hybridized carbons (Fsp3) is 0.250. The summed E-state index contributed by atoms with van der Waals surface area (Å²) in [7, 11) is 0. The molecule has 0 unspecified atom stereocenters. The molecule has 0 aliphatic heterocycles. The largest absolute Gasteiger partial charge is 0.489 e. The first-order chi connectivity index (χ1) is 9.22. The third-order valence-electron chi connectivity index (χ3n) is 3.08. The number of benzene rings is 2. The van der Waals surface area contributed by atoms with E-state index in [1.807, 2.05) is 12.1 Å². The lowest BCUT2D eigenvalue weighted by molar-refractivity contribution is 0.304. The molecule has 0 saturated carbocycles. The monoisotopic (exact) mass is 259 g/mol. The van der Waals surface area contributed by atoms with Gasteiger partial charge in [0, 0.05) is 18.2 Å². The van der Waals surface area contributed by atoms with Gasteiger partial charge in [-0.2, -0.15) is 0 Å². The Balaban J connectivity index is 1.99. The summed E-state index contributed by atoms with van der Waals surface area (Å²) in [5, 5.41) is 0. The van der Waals surface area contributed by atoms with Gasteiger partial charge < -0.3 is 10.5 Å². The minimum absolute atomic E-state index is 0.199. The quantitative estimate of drug-likeness (QED) is 0.893. The van der Waals surface area contributed by atoms with Gasteiger partial charge in [0.15, 0.2) is 0 Å². The fourth-order valence-corrected chi connectivity index (χ4v) is 1.82. The van der Waals surface area contributed by atoms with Crippen LogP contribution in [0.15, 0.2) is 42.5 Å². The molecule has 0 aliphatic rings. The Hall–Kier alpha value is -1.87. The van der Waals surface area contributed by atoms with Crippen molar-refractivity contribution in [2.45, 2.75) is 26.5 Å². The molecule has 0 amide bonds. The highest BCUT2D eigenvalue weighted by Crippen LogP contribution is 2.18. The highest BCUT2D eigenvalue weighted by molar-refractivity contribution is 5.29. The number of ether oxygens (including phenoxy) is 1. The molecule has 0 heterocycles. The molecular weight excluding hydrogens is 241 g/mol. The normalized spacial score (nSPS) is 10.5. The van der Waals surface area contributed by atoms with Gasteiger partial charge in [-0.1, -0.05) is 37.3 Å². The first-order valence-corrected chi connectivity index (χ1v) is 6.42. The van der Waals surface area contributed by atoms with E-state index in [-0.39, 0.29) is 12.4 Å². The number of nitrogens with two attached hydrogens (primary N) is 1. The molecule has 0 radical (unpaired) electrons. The van der Waals surface area contributed by atoms with Crippen LogP contribution < -0.4 is 10.5 Å². The standard InChI is InChI=1S/C16H18FNO/c1-2-12-3-5-13(6-4-12)11-19-15-8-7-14(10-18)16(17)9-15/h3-9H,2,10-11,18H2,1H3. The number of halogens is 1. The van der Waals surface area contributed by atoms with Crippen molar-refractivity contribution in [2.24, 2.45) is 5.73 Å². The molecule has 19 heavy (non-hydrogen) atoms. The summed E-state index contributed by atoms with van der Waals surface area (Å²) in [6.45, 7) is 2.75. The van der Waals surface area contributed by atoms with E-state index in [4.69, 9.17) is 10.5 Å². The molecule has 0 fully saturated rings. The van der Waals surface area contributed by atoms with Crippen molar-refractivity contribution in [3.8, 4) is 5.75 Å². The van der Waals surface area contributed by atoms with Gasteiger partial charge >= 0.3 is 0 Å². The summed E-state index contributed by atoms with van der Waals surface area (Å²) in [6.07, 6.45) is 1.02. The van der Waals surface area contributed by atoms with Crippen LogP contribution in [0.25, 0.3) is 0 Å². The van der Waals surface area contributed by atoms with E-state index in [2.05, 4.69) is 19.1 Å². The van der Waals surface area contributed by atoms with E-state index in [0.29, 0.717) is 17.9 Å². The van der Waals surface area contributed by atoms with Gasteiger partial charge in [0.25, 0.3) is 0 Å². The third kappa shape index (κ3) is 3.55. The van der Waals surface area contributed by atoms with Gasteiger partial charge in [0.05, 0.1) is 0 Å². The van der Waals surface area contributed by atoms with Crippen LogP contribution in [0, 0.1) is 5.82 Å². The van der Waals surface area contributed by atoms with Crippen molar-refractivity contribution < 1.29 is 9.13 Å². The Morgan fingerprint density at radius 1 is 1.05 bits per heavy atom. The van der Waals surface area contributed by atoms with Crippen molar-refractivity contribution in [3.05, 3.63) is 65.0 Å². The van der Waals surface area contributed by atoms with Gasteiger partial charge in [-0.05, 0) is 23.6 Å². The lowest BCUT2D eigenvalue weighted by atomic mass is 10.1. The lowest BCUT2D eigenvalue weighted by Crippen LogP contribution is -2.01. The molecule has 2 rings (SSSR count). The van der Waals surface area contributed by atoms with Gasteiger partial charge in [-0.3, -0.25) is 0 Å². The number of rotatable bonds is 5. The van der Waals surface area contributed by atoms with Gasteiger partial charge in [-0.25, -0.2) is 4.39 Å². The van der Waals surface area contributed by atoms with Crippen LogP contribution in [0.4, 0.5) is 4.39 Å².